The number of aryl methyl sites for hydroxylation is 2. The second kappa shape index (κ2) is 5.73. The number of anilines is 1. The highest BCUT2D eigenvalue weighted by Gasteiger charge is 2.28. The Morgan fingerprint density at radius 1 is 1.30 bits per heavy atom. The molecule has 0 radical (unpaired) electrons. The monoisotopic (exact) mass is 307 g/mol. The standard InChI is InChI=1S/C18H17N3O2/c1-11-9-12(2)21(14-7-8-14)18(23)16(11)17(22)20-15-6-4-3-5-13(15)10-19/h3-6,9,14H,7-8H2,1-2H3,(H,20,22). The van der Waals surface area contributed by atoms with Crippen molar-refractivity contribution in [1.82, 2.24) is 4.57 Å². The normalized spacial score (nSPS) is 13.4. The molecular weight excluding hydrogens is 290 g/mol. The Morgan fingerprint density at radius 3 is 2.65 bits per heavy atom. The number of amides is 1. The van der Waals surface area contributed by atoms with E-state index in [1.807, 2.05) is 19.1 Å². The second-order valence-corrected chi connectivity index (χ2v) is 5.86. The molecule has 5 heteroatoms. The molecule has 1 amide bonds. The molecule has 1 fully saturated rings. The summed E-state index contributed by atoms with van der Waals surface area (Å²) >= 11 is 0. The number of rotatable bonds is 3. The first-order valence-corrected chi connectivity index (χ1v) is 7.56. The zero-order valence-electron chi connectivity index (χ0n) is 13.1. The minimum atomic E-state index is -0.468. The summed E-state index contributed by atoms with van der Waals surface area (Å²) in [6.07, 6.45) is 1.95. The largest absolute Gasteiger partial charge is 0.321 e. The van der Waals surface area contributed by atoms with Gasteiger partial charge in [0.2, 0.25) is 0 Å². The molecule has 3 rings (SSSR count). The average molecular weight is 307 g/mol. The summed E-state index contributed by atoms with van der Waals surface area (Å²) in [5, 5.41) is 11.8. The Bertz CT molecular complexity index is 886. The molecule has 116 valence electrons. The minimum Gasteiger partial charge on any atom is -0.321 e. The van der Waals surface area contributed by atoms with Crippen LogP contribution in [0.2, 0.25) is 0 Å². The van der Waals surface area contributed by atoms with E-state index in [0.717, 1.165) is 18.5 Å². The Kier molecular flexibility index (Phi) is 3.75. The van der Waals surface area contributed by atoms with Gasteiger partial charge in [-0.25, -0.2) is 0 Å². The minimum absolute atomic E-state index is 0.148. The zero-order chi connectivity index (χ0) is 16.6. The average Bonchev–Trinajstić information content (AvgIpc) is 3.32. The fourth-order valence-electron chi connectivity index (χ4n) is 2.84. The summed E-state index contributed by atoms with van der Waals surface area (Å²) in [4.78, 5) is 25.3. The molecule has 0 spiro atoms. The van der Waals surface area contributed by atoms with E-state index >= 15 is 0 Å². The van der Waals surface area contributed by atoms with Gasteiger partial charge in [-0.1, -0.05) is 12.1 Å². The SMILES string of the molecule is Cc1cc(C)n(C2CC2)c(=O)c1C(=O)Nc1ccccc1C#N. The van der Waals surface area contributed by atoms with Crippen molar-refractivity contribution in [3.05, 3.63) is 63.1 Å². The fraction of sp³-hybridized carbons (Fsp3) is 0.278. The molecule has 1 heterocycles. The number of nitrogens with one attached hydrogen (secondary N) is 1. The van der Waals surface area contributed by atoms with Crippen LogP contribution in [0.1, 0.15) is 46.1 Å². The predicted octanol–water partition coefficient (Wildman–Crippen LogP) is 2.92. The highest BCUT2D eigenvalue weighted by atomic mass is 16.2. The van der Waals surface area contributed by atoms with Crippen molar-refractivity contribution < 1.29 is 4.79 Å². The van der Waals surface area contributed by atoms with Gasteiger partial charge in [0.25, 0.3) is 11.5 Å². The highest BCUT2D eigenvalue weighted by Crippen LogP contribution is 2.34. The first kappa shape index (κ1) is 15.0. The van der Waals surface area contributed by atoms with Crippen LogP contribution >= 0.6 is 0 Å². The maximum atomic E-state index is 12.7. The van der Waals surface area contributed by atoms with Crippen LogP contribution in [0.3, 0.4) is 0 Å². The lowest BCUT2D eigenvalue weighted by atomic mass is 10.1. The summed E-state index contributed by atoms with van der Waals surface area (Å²) < 4.78 is 1.71. The third-order valence-corrected chi connectivity index (χ3v) is 4.07. The van der Waals surface area contributed by atoms with Crippen molar-refractivity contribution in [2.75, 3.05) is 5.32 Å². The molecule has 1 aromatic heterocycles. The first-order chi connectivity index (χ1) is 11.0. The van der Waals surface area contributed by atoms with Crippen molar-refractivity contribution in [1.29, 1.82) is 5.26 Å². The maximum absolute atomic E-state index is 12.7. The highest BCUT2D eigenvalue weighted by molar-refractivity contribution is 6.05. The van der Waals surface area contributed by atoms with Gasteiger partial charge < -0.3 is 9.88 Å². The van der Waals surface area contributed by atoms with Gasteiger partial charge in [0.05, 0.1) is 11.3 Å². The Morgan fingerprint density at radius 2 is 2.00 bits per heavy atom. The summed E-state index contributed by atoms with van der Waals surface area (Å²) in [5.41, 5.74) is 2.21. The van der Waals surface area contributed by atoms with E-state index in [2.05, 4.69) is 5.32 Å². The Labute approximate surface area is 134 Å². The molecule has 1 saturated carbocycles. The van der Waals surface area contributed by atoms with Crippen LogP contribution in [0.25, 0.3) is 0 Å². The van der Waals surface area contributed by atoms with Crippen LogP contribution in [-0.4, -0.2) is 10.5 Å². The van der Waals surface area contributed by atoms with E-state index in [0.29, 0.717) is 16.8 Å². The lowest BCUT2D eigenvalue weighted by Crippen LogP contribution is -2.31. The third kappa shape index (κ3) is 2.76. The van der Waals surface area contributed by atoms with Crippen molar-refractivity contribution in [3.63, 3.8) is 0 Å². The topological polar surface area (TPSA) is 74.9 Å². The van der Waals surface area contributed by atoms with Crippen molar-refractivity contribution >= 4 is 11.6 Å². The molecule has 1 aliphatic rings. The third-order valence-electron chi connectivity index (χ3n) is 4.07. The second-order valence-electron chi connectivity index (χ2n) is 5.86. The van der Waals surface area contributed by atoms with E-state index in [9.17, 15) is 9.59 Å². The molecular formula is C18H17N3O2. The summed E-state index contributed by atoms with van der Waals surface area (Å²) in [7, 11) is 0. The van der Waals surface area contributed by atoms with Crippen LogP contribution in [0.4, 0.5) is 5.69 Å². The zero-order valence-corrected chi connectivity index (χ0v) is 13.1. The van der Waals surface area contributed by atoms with Gasteiger partial charge in [0.1, 0.15) is 11.6 Å². The first-order valence-electron chi connectivity index (χ1n) is 7.56. The number of nitriles is 1. The summed E-state index contributed by atoms with van der Waals surface area (Å²) in [6.45, 7) is 3.65. The number of benzene rings is 1. The van der Waals surface area contributed by atoms with Crippen LogP contribution in [0, 0.1) is 25.2 Å². The Balaban J connectivity index is 2.02. The molecule has 0 bridgehead atoms. The number of nitrogens with zero attached hydrogens (tertiary/aromatic N) is 2. The van der Waals surface area contributed by atoms with Crippen LogP contribution in [0.15, 0.2) is 35.1 Å². The molecule has 0 atom stereocenters. The van der Waals surface area contributed by atoms with Crippen LogP contribution in [0.5, 0.6) is 0 Å². The molecule has 0 unspecified atom stereocenters. The van der Waals surface area contributed by atoms with E-state index in [4.69, 9.17) is 5.26 Å². The van der Waals surface area contributed by atoms with E-state index < -0.39 is 5.91 Å². The lowest BCUT2D eigenvalue weighted by Gasteiger charge is -2.14. The molecule has 1 aromatic carbocycles. The van der Waals surface area contributed by atoms with Gasteiger partial charge in [0, 0.05) is 11.7 Å². The molecule has 1 aliphatic carbocycles. The molecule has 0 aliphatic heterocycles. The van der Waals surface area contributed by atoms with E-state index in [-0.39, 0.29) is 17.2 Å². The van der Waals surface area contributed by atoms with Gasteiger partial charge >= 0.3 is 0 Å². The van der Waals surface area contributed by atoms with Crippen molar-refractivity contribution in [2.45, 2.75) is 32.7 Å². The molecule has 1 N–H and O–H groups in total. The van der Waals surface area contributed by atoms with Gasteiger partial charge in [-0.2, -0.15) is 5.26 Å². The van der Waals surface area contributed by atoms with Crippen molar-refractivity contribution in [2.24, 2.45) is 0 Å². The quantitative estimate of drug-likeness (QED) is 0.947. The maximum Gasteiger partial charge on any atom is 0.264 e. The molecule has 5 nitrogen and oxygen atoms in total. The number of carbonyl (C=O) groups excluding carboxylic acids is 1. The van der Waals surface area contributed by atoms with Crippen molar-refractivity contribution in [3.8, 4) is 6.07 Å². The number of pyridine rings is 1. The fourth-order valence-corrected chi connectivity index (χ4v) is 2.84. The van der Waals surface area contributed by atoms with Gasteiger partial charge in [-0.15, -0.1) is 0 Å². The molecule has 0 saturated heterocycles. The van der Waals surface area contributed by atoms with Gasteiger partial charge in [-0.05, 0) is 50.5 Å². The molecule has 2 aromatic rings. The number of para-hydroxylation sites is 1. The number of hydrogen-bond donors (Lipinski definition) is 1. The van der Waals surface area contributed by atoms with Gasteiger partial charge in [0.15, 0.2) is 0 Å². The Hall–Kier alpha value is -2.87. The van der Waals surface area contributed by atoms with Gasteiger partial charge in [-0.3, -0.25) is 9.59 Å². The van der Waals surface area contributed by atoms with Crippen LogP contribution in [-0.2, 0) is 0 Å². The van der Waals surface area contributed by atoms with E-state index in [1.54, 1.807) is 35.8 Å². The van der Waals surface area contributed by atoms with Crippen LogP contribution < -0.4 is 10.9 Å². The predicted molar refractivity (Wildman–Crippen MR) is 87.6 cm³/mol. The number of hydrogen-bond acceptors (Lipinski definition) is 3. The smallest absolute Gasteiger partial charge is 0.264 e. The lowest BCUT2D eigenvalue weighted by molar-refractivity contribution is 0.102. The summed E-state index contributed by atoms with van der Waals surface area (Å²) in [6, 6.07) is 10.8. The number of aromatic nitrogens is 1. The summed E-state index contributed by atoms with van der Waals surface area (Å²) in [5.74, 6) is -0.468. The van der Waals surface area contributed by atoms with E-state index in [1.165, 1.54) is 0 Å². The molecule has 23 heavy (non-hydrogen) atoms. The number of carbonyl (C=O) groups is 1.